The van der Waals surface area contributed by atoms with Crippen molar-refractivity contribution in [1.82, 2.24) is 19.4 Å². The van der Waals surface area contributed by atoms with Crippen LogP contribution in [0.15, 0.2) is 24.3 Å². The summed E-state index contributed by atoms with van der Waals surface area (Å²) in [6, 6.07) is 5.78. The summed E-state index contributed by atoms with van der Waals surface area (Å²) < 4.78 is 21.9. The topological polar surface area (TPSA) is 75.6 Å². The maximum atomic E-state index is 13.1. The molecule has 1 aliphatic heterocycles. The number of halogens is 1. The number of carbonyl (C=O) groups excluding carboxylic acids is 2. The summed E-state index contributed by atoms with van der Waals surface area (Å²) in [5.74, 6) is -0.535. The van der Waals surface area contributed by atoms with E-state index in [0.717, 1.165) is 11.5 Å². The molecule has 7 nitrogen and oxygen atoms in total. The third kappa shape index (κ3) is 3.76. The van der Waals surface area contributed by atoms with E-state index in [2.05, 4.69) is 9.59 Å². The summed E-state index contributed by atoms with van der Waals surface area (Å²) in [7, 11) is 0. The van der Waals surface area contributed by atoms with Gasteiger partial charge in [0, 0.05) is 31.7 Å². The SMILES string of the molecule is CCOC(=O)N1CCN(C(=O)c2snnc2-c2ccc(F)cc2)CC1. The van der Waals surface area contributed by atoms with Crippen LogP contribution >= 0.6 is 11.5 Å². The average molecular weight is 364 g/mol. The van der Waals surface area contributed by atoms with Gasteiger partial charge in [-0.05, 0) is 42.7 Å². The minimum Gasteiger partial charge on any atom is -0.450 e. The van der Waals surface area contributed by atoms with E-state index in [0.29, 0.717) is 48.9 Å². The Morgan fingerprint density at radius 3 is 2.44 bits per heavy atom. The van der Waals surface area contributed by atoms with Crippen LogP contribution in [0.3, 0.4) is 0 Å². The molecule has 0 saturated carbocycles. The van der Waals surface area contributed by atoms with Gasteiger partial charge in [-0.3, -0.25) is 4.79 Å². The predicted octanol–water partition coefficient (Wildman–Crippen LogP) is 2.26. The van der Waals surface area contributed by atoms with Gasteiger partial charge in [0.2, 0.25) is 0 Å². The number of carbonyl (C=O) groups is 2. The van der Waals surface area contributed by atoms with Crippen molar-refractivity contribution in [3.05, 3.63) is 35.0 Å². The molecule has 0 bridgehead atoms. The second kappa shape index (κ2) is 7.56. The Balaban J connectivity index is 1.70. The van der Waals surface area contributed by atoms with Crippen LogP contribution in [-0.4, -0.2) is 64.2 Å². The summed E-state index contributed by atoms with van der Waals surface area (Å²) in [6.45, 7) is 3.75. The van der Waals surface area contributed by atoms with Crippen molar-refractivity contribution in [3.8, 4) is 11.3 Å². The predicted molar refractivity (Wildman–Crippen MR) is 89.8 cm³/mol. The quantitative estimate of drug-likeness (QED) is 0.835. The number of piperazine rings is 1. The number of ether oxygens (including phenoxy) is 1. The molecule has 3 rings (SSSR count). The Morgan fingerprint density at radius 2 is 1.80 bits per heavy atom. The highest BCUT2D eigenvalue weighted by molar-refractivity contribution is 7.08. The number of hydrogen-bond donors (Lipinski definition) is 0. The van der Waals surface area contributed by atoms with Gasteiger partial charge in [-0.1, -0.05) is 4.49 Å². The fourth-order valence-corrected chi connectivity index (χ4v) is 3.23. The van der Waals surface area contributed by atoms with Gasteiger partial charge in [-0.25, -0.2) is 9.18 Å². The van der Waals surface area contributed by atoms with Gasteiger partial charge in [0.25, 0.3) is 5.91 Å². The average Bonchev–Trinajstić information content (AvgIpc) is 3.12. The smallest absolute Gasteiger partial charge is 0.409 e. The molecular formula is C16H17FN4O3S. The molecule has 1 saturated heterocycles. The second-order valence-electron chi connectivity index (χ2n) is 5.44. The van der Waals surface area contributed by atoms with Crippen LogP contribution in [0.2, 0.25) is 0 Å². The van der Waals surface area contributed by atoms with Crippen molar-refractivity contribution in [2.45, 2.75) is 6.92 Å². The molecule has 9 heteroatoms. The highest BCUT2D eigenvalue weighted by Gasteiger charge is 2.28. The Bertz CT molecular complexity index is 757. The molecule has 0 atom stereocenters. The summed E-state index contributed by atoms with van der Waals surface area (Å²) in [4.78, 5) is 28.2. The zero-order valence-electron chi connectivity index (χ0n) is 13.6. The van der Waals surface area contributed by atoms with Crippen molar-refractivity contribution in [2.75, 3.05) is 32.8 Å². The molecule has 2 heterocycles. The summed E-state index contributed by atoms with van der Waals surface area (Å²) in [5, 5.41) is 4.01. The van der Waals surface area contributed by atoms with Gasteiger partial charge in [0.1, 0.15) is 16.4 Å². The van der Waals surface area contributed by atoms with Crippen LogP contribution in [0, 0.1) is 5.82 Å². The van der Waals surface area contributed by atoms with Crippen molar-refractivity contribution >= 4 is 23.5 Å². The lowest BCUT2D eigenvalue weighted by molar-refractivity contribution is 0.0574. The van der Waals surface area contributed by atoms with E-state index in [1.165, 1.54) is 12.1 Å². The van der Waals surface area contributed by atoms with E-state index in [4.69, 9.17) is 4.74 Å². The van der Waals surface area contributed by atoms with Gasteiger partial charge in [-0.2, -0.15) is 0 Å². The molecule has 1 fully saturated rings. The minimum atomic E-state index is -0.360. The van der Waals surface area contributed by atoms with Crippen LogP contribution in [0.25, 0.3) is 11.3 Å². The van der Waals surface area contributed by atoms with Gasteiger partial charge in [-0.15, -0.1) is 5.10 Å². The van der Waals surface area contributed by atoms with E-state index in [1.807, 2.05) is 0 Å². The van der Waals surface area contributed by atoms with Crippen molar-refractivity contribution in [2.24, 2.45) is 0 Å². The lowest BCUT2D eigenvalue weighted by atomic mass is 10.1. The minimum absolute atomic E-state index is 0.183. The molecule has 0 unspecified atom stereocenters. The monoisotopic (exact) mass is 364 g/mol. The third-order valence-corrected chi connectivity index (χ3v) is 4.61. The number of aromatic nitrogens is 2. The Hall–Kier alpha value is -2.55. The molecule has 1 aliphatic rings. The standard InChI is InChI=1S/C16H17FN4O3S/c1-2-24-16(23)21-9-7-20(8-10-21)15(22)14-13(18-19-25-14)11-3-5-12(17)6-4-11/h3-6H,2,7-10H2,1H3. The summed E-state index contributed by atoms with van der Waals surface area (Å²) in [5.41, 5.74) is 1.09. The van der Waals surface area contributed by atoms with E-state index in [-0.39, 0.29) is 17.8 Å². The van der Waals surface area contributed by atoms with Crippen LogP contribution in [-0.2, 0) is 4.74 Å². The second-order valence-corrected chi connectivity index (χ2v) is 6.19. The van der Waals surface area contributed by atoms with Crippen LogP contribution in [0.5, 0.6) is 0 Å². The number of amides is 2. The molecule has 25 heavy (non-hydrogen) atoms. The van der Waals surface area contributed by atoms with E-state index < -0.39 is 0 Å². The number of hydrogen-bond acceptors (Lipinski definition) is 6. The molecule has 0 radical (unpaired) electrons. The molecular weight excluding hydrogens is 347 g/mol. The first-order valence-corrected chi connectivity index (χ1v) is 8.66. The number of rotatable bonds is 3. The molecule has 1 aromatic carbocycles. The van der Waals surface area contributed by atoms with Crippen molar-refractivity contribution in [1.29, 1.82) is 0 Å². The third-order valence-electron chi connectivity index (χ3n) is 3.89. The van der Waals surface area contributed by atoms with Crippen molar-refractivity contribution in [3.63, 3.8) is 0 Å². The molecule has 132 valence electrons. The lowest BCUT2D eigenvalue weighted by Crippen LogP contribution is -2.50. The highest BCUT2D eigenvalue weighted by Crippen LogP contribution is 2.25. The Labute approximate surface area is 148 Å². The largest absolute Gasteiger partial charge is 0.450 e. The maximum absolute atomic E-state index is 13.1. The van der Waals surface area contributed by atoms with Gasteiger partial charge in [0.05, 0.1) is 6.61 Å². The first-order chi connectivity index (χ1) is 12.1. The molecule has 0 aliphatic carbocycles. The highest BCUT2D eigenvalue weighted by atomic mass is 32.1. The van der Waals surface area contributed by atoms with Gasteiger partial charge in [0.15, 0.2) is 0 Å². The Kier molecular flexibility index (Phi) is 5.22. The zero-order chi connectivity index (χ0) is 17.8. The fourth-order valence-electron chi connectivity index (χ4n) is 2.58. The summed E-state index contributed by atoms with van der Waals surface area (Å²) in [6.07, 6.45) is -0.360. The van der Waals surface area contributed by atoms with Gasteiger partial charge >= 0.3 is 6.09 Å². The van der Waals surface area contributed by atoms with E-state index >= 15 is 0 Å². The van der Waals surface area contributed by atoms with Crippen LogP contribution in [0.1, 0.15) is 16.6 Å². The summed E-state index contributed by atoms with van der Waals surface area (Å²) >= 11 is 1.01. The van der Waals surface area contributed by atoms with E-state index in [1.54, 1.807) is 28.9 Å². The van der Waals surface area contributed by atoms with Crippen LogP contribution in [0.4, 0.5) is 9.18 Å². The maximum Gasteiger partial charge on any atom is 0.409 e. The van der Waals surface area contributed by atoms with Crippen LogP contribution < -0.4 is 0 Å². The molecule has 0 spiro atoms. The fraction of sp³-hybridized carbons (Fsp3) is 0.375. The molecule has 2 amide bonds. The first-order valence-electron chi connectivity index (χ1n) is 7.89. The Morgan fingerprint density at radius 1 is 1.16 bits per heavy atom. The zero-order valence-corrected chi connectivity index (χ0v) is 14.5. The number of nitrogens with zero attached hydrogens (tertiary/aromatic N) is 4. The first kappa shape index (κ1) is 17.3. The normalized spacial score (nSPS) is 14.5. The van der Waals surface area contributed by atoms with Gasteiger partial charge < -0.3 is 14.5 Å². The number of benzene rings is 1. The van der Waals surface area contributed by atoms with Crippen molar-refractivity contribution < 1.29 is 18.7 Å². The molecule has 2 aromatic rings. The van der Waals surface area contributed by atoms with E-state index in [9.17, 15) is 14.0 Å². The molecule has 0 N–H and O–H groups in total. The lowest BCUT2D eigenvalue weighted by Gasteiger charge is -2.33. The molecule has 1 aromatic heterocycles.